The van der Waals surface area contributed by atoms with Crippen molar-refractivity contribution in [2.75, 3.05) is 0 Å². The Morgan fingerprint density at radius 2 is 2.25 bits per heavy atom. The molecule has 0 saturated carbocycles. The molecular weight excluding hydrogens is 204 g/mol. The second-order valence-electron chi connectivity index (χ2n) is 5.18. The molecule has 1 aliphatic heterocycles. The Hall–Kier alpha value is -0.570. The highest BCUT2D eigenvalue weighted by molar-refractivity contribution is 5.70. The summed E-state index contributed by atoms with van der Waals surface area (Å²) in [6, 6.07) is 0. The van der Waals surface area contributed by atoms with E-state index in [9.17, 15) is 9.90 Å². The zero-order valence-electron chi connectivity index (χ0n) is 10.6. The molecule has 94 valence electrons. The number of esters is 1. The van der Waals surface area contributed by atoms with Crippen molar-refractivity contribution in [3.05, 3.63) is 0 Å². The van der Waals surface area contributed by atoms with Gasteiger partial charge in [-0.05, 0) is 24.7 Å². The molecule has 0 bridgehead atoms. The average Bonchev–Trinajstić information content (AvgIpc) is 2.23. The summed E-state index contributed by atoms with van der Waals surface area (Å²) in [5, 5.41) is 10.1. The van der Waals surface area contributed by atoms with E-state index in [2.05, 4.69) is 6.92 Å². The lowest BCUT2D eigenvalue weighted by Crippen LogP contribution is -2.40. The van der Waals surface area contributed by atoms with Gasteiger partial charge in [-0.3, -0.25) is 4.79 Å². The number of cyclic esters (lactones) is 1. The Morgan fingerprint density at radius 1 is 1.56 bits per heavy atom. The van der Waals surface area contributed by atoms with Crippen molar-refractivity contribution >= 4 is 5.97 Å². The molecule has 0 spiro atoms. The molecule has 0 unspecified atom stereocenters. The van der Waals surface area contributed by atoms with E-state index < -0.39 is 6.10 Å². The summed E-state index contributed by atoms with van der Waals surface area (Å²) in [5.41, 5.74) is 0. The van der Waals surface area contributed by atoms with Crippen LogP contribution in [0.1, 0.15) is 52.9 Å². The first kappa shape index (κ1) is 13.5. The highest BCUT2D eigenvalue weighted by atomic mass is 16.6. The first-order chi connectivity index (χ1) is 7.54. The lowest BCUT2D eigenvalue weighted by molar-refractivity contribution is -0.166. The largest absolute Gasteiger partial charge is 0.460 e. The second kappa shape index (κ2) is 6.24. The molecule has 0 radical (unpaired) electrons. The molecule has 0 aromatic rings. The van der Waals surface area contributed by atoms with Gasteiger partial charge in [0, 0.05) is 6.42 Å². The van der Waals surface area contributed by atoms with Crippen molar-refractivity contribution in [3.63, 3.8) is 0 Å². The Labute approximate surface area is 98.2 Å². The van der Waals surface area contributed by atoms with Crippen LogP contribution in [0.4, 0.5) is 0 Å². The van der Waals surface area contributed by atoms with Gasteiger partial charge in [0.2, 0.25) is 0 Å². The van der Waals surface area contributed by atoms with E-state index in [-0.39, 0.29) is 18.0 Å². The van der Waals surface area contributed by atoms with E-state index in [0.717, 1.165) is 25.7 Å². The number of hydrogen-bond acceptors (Lipinski definition) is 3. The van der Waals surface area contributed by atoms with Crippen LogP contribution in [0.15, 0.2) is 0 Å². The third-order valence-corrected chi connectivity index (χ3v) is 3.41. The van der Waals surface area contributed by atoms with Gasteiger partial charge in [-0.1, -0.05) is 33.6 Å². The molecule has 16 heavy (non-hydrogen) atoms. The van der Waals surface area contributed by atoms with Gasteiger partial charge in [-0.25, -0.2) is 0 Å². The fourth-order valence-electron chi connectivity index (χ4n) is 2.30. The van der Waals surface area contributed by atoms with Crippen LogP contribution in [0.5, 0.6) is 0 Å². The predicted octanol–water partition coefficient (Wildman–Crippen LogP) is 2.52. The number of aliphatic hydroxyl groups excluding tert-OH is 1. The zero-order chi connectivity index (χ0) is 12.1. The normalized spacial score (nSPS) is 29.6. The monoisotopic (exact) mass is 228 g/mol. The summed E-state index contributed by atoms with van der Waals surface area (Å²) in [4.78, 5) is 11.3. The Bertz CT molecular complexity index is 227. The Kier molecular flexibility index (Phi) is 5.26. The molecule has 0 aromatic carbocycles. The topological polar surface area (TPSA) is 46.5 Å². The SMILES string of the molecule is CCCC[C@@H](C)[C@@H](O)[C@@H]1C[C@@H](C)CC(=O)O1. The highest BCUT2D eigenvalue weighted by Crippen LogP contribution is 2.27. The first-order valence-electron chi connectivity index (χ1n) is 6.42. The fraction of sp³-hybridized carbons (Fsp3) is 0.923. The van der Waals surface area contributed by atoms with Crippen molar-refractivity contribution in [3.8, 4) is 0 Å². The lowest BCUT2D eigenvalue weighted by Gasteiger charge is -2.32. The van der Waals surface area contributed by atoms with Crippen LogP contribution in [0, 0.1) is 11.8 Å². The van der Waals surface area contributed by atoms with E-state index in [1.807, 2.05) is 13.8 Å². The molecule has 0 aromatic heterocycles. The number of hydrogen-bond donors (Lipinski definition) is 1. The van der Waals surface area contributed by atoms with Gasteiger partial charge in [-0.15, -0.1) is 0 Å². The van der Waals surface area contributed by atoms with E-state index in [4.69, 9.17) is 4.74 Å². The molecule has 1 aliphatic rings. The number of unbranched alkanes of at least 4 members (excludes halogenated alkanes) is 1. The van der Waals surface area contributed by atoms with Gasteiger partial charge in [-0.2, -0.15) is 0 Å². The number of ether oxygens (including phenoxy) is 1. The number of carbonyl (C=O) groups is 1. The van der Waals surface area contributed by atoms with E-state index >= 15 is 0 Å². The van der Waals surface area contributed by atoms with Crippen LogP contribution in [0.2, 0.25) is 0 Å². The van der Waals surface area contributed by atoms with Crippen molar-refractivity contribution < 1.29 is 14.6 Å². The molecular formula is C13H24O3. The maximum atomic E-state index is 11.3. The van der Waals surface area contributed by atoms with Crippen LogP contribution >= 0.6 is 0 Å². The minimum atomic E-state index is -0.502. The number of carbonyl (C=O) groups excluding carboxylic acids is 1. The van der Waals surface area contributed by atoms with Gasteiger partial charge >= 0.3 is 5.97 Å². The van der Waals surface area contributed by atoms with Crippen LogP contribution in [0.3, 0.4) is 0 Å². The molecule has 1 rings (SSSR count). The molecule has 3 nitrogen and oxygen atoms in total. The molecule has 0 aliphatic carbocycles. The molecule has 1 saturated heterocycles. The average molecular weight is 228 g/mol. The van der Waals surface area contributed by atoms with Gasteiger partial charge in [0.25, 0.3) is 0 Å². The maximum Gasteiger partial charge on any atom is 0.306 e. The number of rotatable bonds is 5. The Morgan fingerprint density at radius 3 is 2.81 bits per heavy atom. The predicted molar refractivity (Wildman–Crippen MR) is 63.0 cm³/mol. The maximum absolute atomic E-state index is 11.3. The quantitative estimate of drug-likeness (QED) is 0.735. The fourth-order valence-corrected chi connectivity index (χ4v) is 2.30. The minimum Gasteiger partial charge on any atom is -0.460 e. The molecule has 1 fully saturated rings. The van der Waals surface area contributed by atoms with Gasteiger partial charge in [0.15, 0.2) is 0 Å². The van der Waals surface area contributed by atoms with E-state index in [1.54, 1.807) is 0 Å². The van der Waals surface area contributed by atoms with Crippen molar-refractivity contribution in [2.45, 2.75) is 65.1 Å². The summed E-state index contributed by atoms with van der Waals surface area (Å²) in [6.07, 6.45) is 3.75. The van der Waals surface area contributed by atoms with E-state index in [1.165, 1.54) is 0 Å². The third kappa shape index (κ3) is 3.78. The standard InChI is InChI=1S/C13H24O3/c1-4-5-6-10(3)13(15)11-7-9(2)8-12(14)16-11/h9-11,13,15H,4-8H2,1-3H3/t9-,10-,11+,13-/m1/s1. The van der Waals surface area contributed by atoms with Crippen molar-refractivity contribution in [2.24, 2.45) is 11.8 Å². The third-order valence-electron chi connectivity index (χ3n) is 3.41. The molecule has 3 heteroatoms. The second-order valence-corrected chi connectivity index (χ2v) is 5.18. The van der Waals surface area contributed by atoms with Gasteiger partial charge < -0.3 is 9.84 Å². The van der Waals surface area contributed by atoms with Gasteiger partial charge in [0.1, 0.15) is 6.10 Å². The van der Waals surface area contributed by atoms with Crippen LogP contribution in [-0.4, -0.2) is 23.3 Å². The summed E-state index contributed by atoms with van der Waals surface area (Å²) in [7, 11) is 0. The summed E-state index contributed by atoms with van der Waals surface area (Å²) < 4.78 is 5.23. The lowest BCUT2D eigenvalue weighted by atomic mass is 9.87. The molecule has 0 amide bonds. The van der Waals surface area contributed by atoms with Crippen LogP contribution in [0.25, 0.3) is 0 Å². The first-order valence-corrected chi connectivity index (χ1v) is 6.42. The molecule has 1 N–H and O–H groups in total. The minimum absolute atomic E-state index is 0.162. The van der Waals surface area contributed by atoms with Crippen LogP contribution in [-0.2, 0) is 9.53 Å². The van der Waals surface area contributed by atoms with Crippen molar-refractivity contribution in [1.29, 1.82) is 0 Å². The van der Waals surface area contributed by atoms with E-state index in [0.29, 0.717) is 12.3 Å². The summed E-state index contributed by atoms with van der Waals surface area (Å²) in [5.74, 6) is 0.382. The smallest absolute Gasteiger partial charge is 0.306 e. The highest BCUT2D eigenvalue weighted by Gasteiger charge is 2.33. The van der Waals surface area contributed by atoms with Crippen LogP contribution < -0.4 is 0 Å². The zero-order valence-corrected chi connectivity index (χ0v) is 10.6. The summed E-state index contributed by atoms with van der Waals surface area (Å²) >= 11 is 0. The molecule has 1 heterocycles. The summed E-state index contributed by atoms with van der Waals surface area (Å²) in [6.45, 7) is 6.21. The Balaban J connectivity index is 2.45. The molecule has 4 atom stereocenters. The van der Waals surface area contributed by atoms with Gasteiger partial charge in [0.05, 0.1) is 6.10 Å². The van der Waals surface area contributed by atoms with Crippen molar-refractivity contribution in [1.82, 2.24) is 0 Å². The number of aliphatic hydroxyl groups is 1.